The number of rotatable bonds is 10. The fourth-order valence-corrected chi connectivity index (χ4v) is 11.3. The Labute approximate surface area is 123 Å². The average Bonchev–Trinajstić information content (AvgIpc) is 2.12. The summed E-state index contributed by atoms with van der Waals surface area (Å²) >= 11 is 0. The van der Waals surface area contributed by atoms with Gasteiger partial charge < -0.3 is 4.12 Å². The van der Waals surface area contributed by atoms with Gasteiger partial charge in [-0.25, -0.2) is 0 Å². The summed E-state index contributed by atoms with van der Waals surface area (Å²) in [5, 5.41) is 0. The fraction of sp³-hybridized carbons (Fsp3) is 0.750. The molecule has 0 N–H and O–H groups in total. The zero-order chi connectivity index (χ0) is 15.1. The predicted molar refractivity (Wildman–Crippen MR) is 93.8 cm³/mol. The van der Waals surface area contributed by atoms with Crippen molar-refractivity contribution in [1.82, 2.24) is 0 Å². The van der Waals surface area contributed by atoms with Crippen molar-refractivity contribution < 1.29 is 4.12 Å². The molecule has 0 aliphatic heterocycles. The first kappa shape index (κ1) is 18.9. The minimum atomic E-state index is -1.48. The van der Waals surface area contributed by atoms with E-state index in [1.807, 2.05) is 0 Å². The van der Waals surface area contributed by atoms with Crippen molar-refractivity contribution in [3.63, 3.8) is 0 Å². The molecular formula is C16H34OSi2. The molecular weight excluding hydrogens is 264 g/mol. The molecule has 0 saturated carbocycles. The lowest BCUT2D eigenvalue weighted by Gasteiger charge is -2.34. The van der Waals surface area contributed by atoms with Crippen LogP contribution in [0.3, 0.4) is 0 Å². The van der Waals surface area contributed by atoms with E-state index >= 15 is 0 Å². The molecule has 1 nitrogen and oxygen atoms in total. The molecule has 0 atom stereocenters. The first-order valence-corrected chi connectivity index (χ1v) is 13.8. The van der Waals surface area contributed by atoms with E-state index in [1.165, 1.54) is 36.1 Å². The first-order chi connectivity index (χ1) is 8.54. The number of hydrogen-bond donors (Lipinski definition) is 0. The second-order valence-corrected chi connectivity index (χ2v) is 16.1. The molecule has 0 aliphatic rings. The van der Waals surface area contributed by atoms with Gasteiger partial charge in [0, 0.05) is 0 Å². The maximum Gasteiger partial charge on any atom is 0.173 e. The summed E-state index contributed by atoms with van der Waals surface area (Å²) in [6, 6.07) is 2.52. The van der Waals surface area contributed by atoms with Crippen molar-refractivity contribution in [2.24, 2.45) is 0 Å². The minimum absolute atomic E-state index is 1.15. The molecule has 3 heteroatoms. The van der Waals surface area contributed by atoms with Crippen LogP contribution in [0.5, 0.6) is 0 Å². The Morgan fingerprint density at radius 2 is 1.11 bits per heavy atom. The quantitative estimate of drug-likeness (QED) is 0.348. The summed E-state index contributed by atoms with van der Waals surface area (Å²) in [6.07, 6.45) is 4.78. The van der Waals surface area contributed by atoms with E-state index in [9.17, 15) is 0 Å². The molecule has 0 amide bonds. The highest BCUT2D eigenvalue weighted by Gasteiger charge is 2.32. The molecule has 112 valence electrons. The Morgan fingerprint density at radius 1 is 0.789 bits per heavy atom. The molecule has 0 saturated heterocycles. The second kappa shape index (κ2) is 8.23. The summed E-state index contributed by atoms with van der Waals surface area (Å²) in [6.45, 7) is 21.7. The van der Waals surface area contributed by atoms with Crippen LogP contribution in [0.4, 0.5) is 0 Å². The third kappa shape index (κ3) is 11.4. The van der Waals surface area contributed by atoms with Gasteiger partial charge in [-0.3, -0.25) is 0 Å². The molecule has 0 aromatic rings. The van der Waals surface area contributed by atoms with Gasteiger partial charge in [-0.1, -0.05) is 11.1 Å². The Bertz CT molecular complexity index is 276. The minimum Gasteiger partial charge on any atom is -0.455 e. The van der Waals surface area contributed by atoms with Crippen molar-refractivity contribution in [1.29, 1.82) is 0 Å². The Kier molecular flexibility index (Phi) is 8.17. The van der Waals surface area contributed by atoms with E-state index in [0.29, 0.717) is 0 Å². The van der Waals surface area contributed by atoms with Crippen molar-refractivity contribution in [3.05, 3.63) is 24.3 Å². The Morgan fingerprint density at radius 3 is 1.37 bits per heavy atom. The van der Waals surface area contributed by atoms with Crippen LogP contribution in [0.15, 0.2) is 24.3 Å². The second-order valence-electron chi connectivity index (χ2n) is 7.24. The normalized spacial score (nSPS) is 12.5. The van der Waals surface area contributed by atoms with Crippen molar-refractivity contribution in [2.75, 3.05) is 0 Å². The molecule has 0 heterocycles. The lowest BCUT2D eigenvalue weighted by molar-refractivity contribution is 0.530. The zero-order valence-corrected chi connectivity index (χ0v) is 16.1. The average molecular weight is 299 g/mol. The van der Waals surface area contributed by atoms with E-state index in [4.69, 9.17) is 4.12 Å². The molecule has 0 aromatic heterocycles. The van der Waals surface area contributed by atoms with E-state index < -0.39 is 16.6 Å². The van der Waals surface area contributed by atoms with Gasteiger partial charge in [-0.05, 0) is 77.8 Å². The maximum absolute atomic E-state index is 6.61. The Hall–Kier alpha value is -0.126. The highest BCUT2D eigenvalue weighted by atomic mass is 28.4. The fourth-order valence-electron chi connectivity index (χ4n) is 2.48. The molecule has 0 radical (unpaired) electrons. The molecule has 0 unspecified atom stereocenters. The third-order valence-electron chi connectivity index (χ3n) is 3.32. The van der Waals surface area contributed by atoms with E-state index in [-0.39, 0.29) is 0 Å². The van der Waals surface area contributed by atoms with Gasteiger partial charge in [-0.15, -0.1) is 13.2 Å². The van der Waals surface area contributed by atoms with Gasteiger partial charge in [0.05, 0.1) is 0 Å². The molecule has 0 spiro atoms. The van der Waals surface area contributed by atoms with Gasteiger partial charge in [0.2, 0.25) is 0 Å². The van der Waals surface area contributed by atoms with Gasteiger partial charge in [0.1, 0.15) is 0 Å². The molecule has 0 bridgehead atoms. The van der Waals surface area contributed by atoms with Gasteiger partial charge in [0.25, 0.3) is 0 Å². The smallest absolute Gasteiger partial charge is 0.173 e. The van der Waals surface area contributed by atoms with E-state index in [0.717, 1.165) is 12.8 Å². The van der Waals surface area contributed by atoms with Crippen LogP contribution in [0, 0.1) is 0 Å². The van der Waals surface area contributed by atoms with Crippen LogP contribution in [-0.4, -0.2) is 16.6 Å². The topological polar surface area (TPSA) is 9.23 Å². The maximum atomic E-state index is 6.61. The van der Waals surface area contributed by atoms with Gasteiger partial charge >= 0.3 is 0 Å². The number of hydrogen-bond acceptors (Lipinski definition) is 1. The highest BCUT2D eigenvalue weighted by Crippen LogP contribution is 2.25. The summed E-state index contributed by atoms with van der Waals surface area (Å²) in [7, 11) is -2.97. The predicted octanol–water partition coefficient (Wildman–Crippen LogP) is 6.13. The molecule has 0 aliphatic carbocycles. The van der Waals surface area contributed by atoms with Crippen molar-refractivity contribution >= 4 is 16.6 Å². The van der Waals surface area contributed by atoms with Crippen molar-refractivity contribution in [3.8, 4) is 0 Å². The SMILES string of the molecule is C=C(C)CCC[Si](C)(C)O[Si](C)(C)CCCC(=C)C. The lowest BCUT2D eigenvalue weighted by Crippen LogP contribution is -2.44. The first-order valence-electron chi connectivity index (χ1n) is 7.53. The lowest BCUT2D eigenvalue weighted by atomic mass is 10.2. The van der Waals surface area contributed by atoms with Crippen LogP contribution in [0.25, 0.3) is 0 Å². The largest absolute Gasteiger partial charge is 0.455 e. The van der Waals surface area contributed by atoms with Crippen molar-refractivity contribution in [2.45, 2.75) is 77.8 Å². The van der Waals surface area contributed by atoms with E-state index in [1.54, 1.807) is 0 Å². The van der Waals surface area contributed by atoms with Crippen LogP contribution in [0.2, 0.25) is 38.3 Å². The Balaban J connectivity index is 4.13. The van der Waals surface area contributed by atoms with Crippen LogP contribution >= 0.6 is 0 Å². The van der Waals surface area contributed by atoms with E-state index in [2.05, 4.69) is 53.2 Å². The molecule has 0 rings (SSSR count). The molecule has 0 fully saturated rings. The van der Waals surface area contributed by atoms with Crippen LogP contribution < -0.4 is 0 Å². The molecule has 19 heavy (non-hydrogen) atoms. The summed E-state index contributed by atoms with van der Waals surface area (Å²) in [5.74, 6) is 0. The van der Waals surface area contributed by atoms with Crippen LogP contribution in [0.1, 0.15) is 39.5 Å². The highest BCUT2D eigenvalue weighted by molar-refractivity contribution is 6.84. The summed E-state index contributed by atoms with van der Waals surface area (Å²) in [4.78, 5) is 0. The standard InChI is InChI=1S/C16H34OSi2/c1-15(2)11-9-13-18(5,6)17-19(7,8)14-10-12-16(3)4/h1,3,9-14H2,2,4-8H3. The monoisotopic (exact) mass is 298 g/mol. The van der Waals surface area contributed by atoms with Gasteiger partial charge in [-0.2, -0.15) is 0 Å². The number of allylic oxidation sites excluding steroid dienone is 2. The summed E-state index contributed by atoms with van der Waals surface area (Å²) in [5.41, 5.74) is 2.59. The third-order valence-corrected chi connectivity index (χ3v) is 10.9. The molecule has 0 aromatic carbocycles. The summed E-state index contributed by atoms with van der Waals surface area (Å²) < 4.78 is 6.61. The van der Waals surface area contributed by atoms with Crippen LogP contribution in [-0.2, 0) is 4.12 Å². The zero-order valence-electron chi connectivity index (χ0n) is 14.1. The van der Waals surface area contributed by atoms with Gasteiger partial charge in [0.15, 0.2) is 16.6 Å².